The van der Waals surface area contributed by atoms with Crippen molar-refractivity contribution in [1.29, 1.82) is 0 Å². The average Bonchev–Trinajstić information content (AvgIpc) is 2.80. The van der Waals surface area contributed by atoms with Crippen LogP contribution in [-0.4, -0.2) is 20.4 Å². The molecule has 0 aliphatic heterocycles. The second-order valence-electron chi connectivity index (χ2n) is 4.60. The molecule has 3 rings (SSSR count). The summed E-state index contributed by atoms with van der Waals surface area (Å²) in [5.74, 6) is 1.05. The second kappa shape index (κ2) is 5.21. The lowest BCUT2D eigenvalue weighted by Gasteiger charge is -2.09. The van der Waals surface area contributed by atoms with Gasteiger partial charge in [0.15, 0.2) is 0 Å². The number of alkyl halides is 1. The molecule has 0 atom stereocenters. The van der Waals surface area contributed by atoms with E-state index in [1.807, 2.05) is 16.7 Å². The number of imidazole rings is 1. The van der Waals surface area contributed by atoms with Crippen LogP contribution in [0.2, 0.25) is 0 Å². The van der Waals surface area contributed by atoms with E-state index >= 15 is 0 Å². The summed E-state index contributed by atoms with van der Waals surface area (Å²) in [5, 5.41) is 0. The fourth-order valence-electron chi connectivity index (χ4n) is 2.24. The third kappa shape index (κ3) is 2.16. The summed E-state index contributed by atoms with van der Waals surface area (Å²) in [6.45, 7) is 1.74. The lowest BCUT2D eigenvalue weighted by Crippen LogP contribution is -2.03. The van der Waals surface area contributed by atoms with Gasteiger partial charge in [-0.3, -0.25) is 9.55 Å². The van der Waals surface area contributed by atoms with Crippen molar-refractivity contribution < 1.29 is 4.39 Å². The van der Waals surface area contributed by atoms with Gasteiger partial charge in [0, 0.05) is 18.5 Å². The van der Waals surface area contributed by atoms with E-state index in [4.69, 9.17) is 11.6 Å². The number of hydrogen-bond acceptors (Lipinski definition) is 2. The third-order valence-electron chi connectivity index (χ3n) is 3.26. The van der Waals surface area contributed by atoms with Crippen LogP contribution in [0.4, 0.5) is 4.39 Å². The van der Waals surface area contributed by atoms with E-state index in [0.29, 0.717) is 17.9 Å². The van der Waals surface area contributed by atoms with Gasteiger partial charge in [-0.1, -0.05) is 6.07 Å². The Morgan fingerprint density at radius 1 is 1.30 bits per heavy atom. The smallest absolute Gasteiger partial charge is 0.128 e. The van der Waals surface area contributed by atoms with E-state index in [2.05, 4.69) is 9.97 Å². The first-order valence-corrected chi connectivity index (χ1v) is 6.88. The maximum atomic E-state index is 13.8. The number of pyridine rings is 1. The van der Waals surface area contributed by atoms with Gasteiger partial charge < -0.3 is 0 Å². The maximum absolute atomic E-state index is 13.8. The number of hydrogen-bond donors (Lipinski definition) is 0. The Bertz CT molecular complexity index is 767. The Hall–Kier alpha value is -1.94. The minimum absolute atomic E-state index is 0.227. The van der Waals surface area contributed by atoms with Crippen LogP contribution in [0.5, 0.6) is 0 Å². The summed E-state index contributed by atoms with van der Waals surface area (Å²) in [7, 11) is 0. The molecule has 0 unspecified atom stereocenters. The molecule has 0 aliphatic carbocycles. The SMILES string of the molecule is Cc1ccc(-n2c(CCCl)nc3cnccc32)cc1F. The fraction of sp³-hybridized carbons (Fsp3) is 0.200. The Kier molecular flexibility index (Phi) is 3.40. The van der Waals surface area contributed by atoms with Crippen LogP contribution in [0, 0.1) is 12.7 Å². The van der Waals surface area contributed by atoms with E-state index in [0.717, 1.165) is 22.5 Å². The standard InChI is InChI=1S/C15H13ClFN3/c1-10-2-3-11(8-12(10)17)20-14-5-7-18-9-13(14)19-15(20)4-6-16/h2-3,5,7-9H,4,6H2,1H3. The number of aromatic nitrogens is 3. The van der Waals surface area contributed by atoms with E-state index in [9.17, 15) is 4.39 Å². The zero-order valence-electron chi connectivity index (χ0n) is 11.0. The molecule has 1 aromatic carbocycles. The van der Waals surface area contributed by atoms with E-state index < -0.39 is 0 Å². The fourth-order valence-corrected chi connectivity index (χ4v) is 2.41. The van der Waals surface area contributed by atoms with Gasteiger partial charge in [-0.25, -0.2) is 9.37 Å². The zero-order chi connectivity index (χ0) is 14.1. The normalized spacial score (nSPS) is 11.2. The van der Waals surface area contributed by atoms with Crippen molar-refractivity contribution in [1.82, 2.24) is 14.5 Å². The van der Waals surface area contributed by atoms with Crippen molar-refractivity contribution in [3.63, 3.8) is 0 Å². The van der Waals surface area contributed by atoms with Crippen LogP contribution in [0.1, 0.15) is 11.4 Å². The van der Waals surface area contributed by atoms with Gasteiger partial charge in [0.05, 0.1) is 17.4 Å². The molecule has 2 heterocycles. The van der Waals surface area contributed by atoms with Gasteiger partial charge in [0.2, 0.25) is 0 Å². The maximum Gasteiger partial charge on any atom is 0.128 e. The molecule has 0 bridgehead atoms. The van der Waals surface area contributed by atoms with Gasteiger partial charge in [0.1, 0.15) is 17.2 Å². The van der Waals surface area contributed by atoms with Crippen molar-refractivity contribution in [3.8, 4) is 5.69 Å². The van der Waals surface area contributed by atoms with Crippen LogP contribution in [0.3, 0.4) is 0 Å². The Balaban J connectivity index is 2.26. The molecule has 0 saturated heterocycles. The molecule has 2 aromatic heterocycles. The molecule has 20 heavy (non-hydrogen) atoms. The predicted octanol–water partition coefficient (Wildman–Crippen LogP) is 3.65. The summed E-state index contributed by atoms with van der Waals surface area (Å²) >= 11 is 5.84. The molecular formula is C15H13ClFN3. The lowest BCUT2D eigenvalue weighted by atomic mass is 10.2. The number of halogens is 2. The molecule has 0 radical (unpaired) electrons. The second-order valence-corrected chi connectivity index (χ2v) is 4.98. The molecule has 102 valence electrons. The topological polar surface area (TPSA) is 30.7 Å². The Morgan fingerprint density at radius 2 is 2.15 bits per heavy atom. The summed E-state index contributed by atoms with van der Waals surface area (Å²) < 4.78 is 15.7. The minimum Gasteiger partial charge on any atom is -0.296 e. The molecule has 0 N–H and O–H groups in total. The Morgan fingerprint density at radius 3 is 2.90 bits per heavy atom. The minimum atomic E-state index is -0.227. The number of rotatable bonds is 3. The van der Waals surface area contributed by atoms with Crippen molar-refractivity contribution in [2.75, 3.05) is 5.88 Å². The predicted molar refractivity (Wildman–Crippen MR) is 78.0 cm³/mol. The van der Waals surface area contributed by atoms with Gasteiger partial charge in [-0.15, -0.1) is 11.6 Å². The van der Waals surface area contributed by atoms with Crippen molar-refractivity contribution in [2.45, 2.75) is 13.3 Å². The van der Waals surface area contributed by atoms with Gasteiger partial charge in [0.25, 0.3) is 0 Å². The highest BCUT2D eigenvalue weighted by atomic mass is 35.5. The Labute approximate surface area is 121 Å². The number of fused-ring (bicyclic) bond motifs is 1. The van der Waals surface area contributed by atoms with Crippen LogP contribution >= 0.6 is 11.6 Å². The molecule has 0 aliphatic rings. The number of aryl methyl sites for hydroxylation is 2. The highest BCUT2D eigenvalue weighted by Gasteiger charge is 2.13. The van der Waals surface area contributed by atoms with Crippen LogP contribution in [0.15, 0.2) is 36.7 Å². The van der Waals surface area contributed by atoms with Gasteiger partial charge in [-0.05, 0) is 30.7 Å². The summed E-state index contributed by atoms with van der Waals surface area (Å²) in [6, 6.07) is 7.05. The van der Waals surface area contributed by atoms with Gasteiger partial charge >= 0.3 is 0 Å². The molecule has 3 nitrogen and oxygen atoms in total. The summed E-state index contributed by atoms with van der Waals surface area (Å²) in [4.78, 5) is 8.59. The van der Waals surface area contributed by atoms with E-state index in [-0.39, 0.29) is 5.82 Å². The lowest BCUT2D eigenvalue weighted by molar-refractivity contribution is 0.617. The largest absolute Gasteiger partial charge is 0.296 e. The van der Waals surface area contributed by atoms with Gasteiger partial charge in [-0.2, -0.15) is 0 Å². The van der Waals surface area contributed by atoms with Crippen molar-refractivity contribution in [2.24, 2.45) is 0 Å². The number of benzene rings is 1. The van der Waals surface area contributed by atoms with Crippen molar-refractivity contribution in [3.05, 3.63) is 53.9 Å². The zero-order valence-corrected chi connectivity index (χ0v) is 11.7. The monoisotopic (exact) mass is 289 g/mol. The number of nitrogens with zero attached hydrogens (tertiary/aromatic N) is 3. The molecule has 0 amide bonds. The van der Waals surface area contributed by atoms with E-state index in [1.165, 1.54) is 6.07 Å². The third-order valence-corrected chi connectivity index (χ3v) is 3.45. The molecule has 3 aromatic rings. The molecule has 5 heteroatoms. The van der Waals surface area contributed by atoms with Crippen LogP contribution in [-0.2, 0) is 6.42 Å². The molecule has 0 spiro atoms. The highest BCUT2D eigenvalue weighted by molar-refractivity contribution is 6.17. The average molecular weight is 290 g/mol. The quantitative estimate of drug-likeness (QED) is 0.689. The van der Waals surface area contributed by atoms with Crippen LogP contribution < -0.4 is 0 Å². The van der Waals surface area contributed by atoms with Crippen molar-refractivity contribution >= 4 is 22.6 Å². The molecular weight excluding hydrogens is 277 g/mol. The molecule has 0 fully saturated rings. The first kappa shape index (κ1) is 13.1. The van der Waals surface area contributed by atoms with E-state index in [1.54, 1.807) is 25.4 Å². The highest BCUT2D eigenvalue weighted by Crippen LogP contribution is 2.23. The first-order chi connectivity index (χ1) is 9.70. The van der Waals surface area contributed by atoms with Crippen LogP contribution in [0.25, 0.3) is 16.7 Å². The molecule has 0 saturated carbocycles. The summed E-state index contributed by atoms with van der Waals surface area (Å²) in [6.07, 6.45) is 4.02. The first-order valence-electron chi connectivity index (χ1n) is 6.34. The summed E-state index contributed by atoms with van der Waals surface area (Å²) in [5.41, 5.74) is 3.07.